The lowest BCUT2D eigenvalue weighted by atomic mass is 10.2. The standard InChI is InChI=1S/C19H19N5O4S/c1-3-23-18(13-5-4-6-15(11-13)24(26)27)21-22-19(23)29-12-17(25)20-14-7-9-16(28-2)10-8-14/h4-11H,3,12H2,1-2H3,(H,20,25). The molecule has 2 aromatic carbocycles. The summed E-state index contributed by atoms with van der Waals surface area (Å²) in [5, 5.41) is 22.7. The lowest BCUT2D eigenvalue weighted by Crippen LogP contribution is -2.14. The number of hydrogen-bond donors (Lipinski definition) is 1. The van der Waals surface area contributed by atoms with E-state index in [1.54, 1.807) is 43.5 Å². The molecular formula is C19H19N5O4S. The van der Waals surface area contributed by atoms with Gasteiger partial charge in [0.25, 0.3) is 5.69 Å². The molecule has 1 N–H and O–H groups in total. The molecule has 1 amide bonds. The van der Waals surface area contributed by atoms with E-state index in [4.69, 9.17) is 4.74 Å². The molecular weight excluding hydrogens is 394 g/mol. The molecule has 10 heteroatoms. The van der Waals surface area contributed by atoms with Crippen LogP contribution in [0.2, 0.25) is 0 Å². The van der Waals surface area contributed by atoms with Crippen molar-refractivity contribution < 1.29 is 14.5 Å². The maximum absolute atomic E-state index is 12.2. The second kappa shape index (κ2) is 9.20. The van der Waals surface area contributed by atoms with Crippen LogP contribution in [0.25, 0.3) is 11.4 Å². The van der Waals surface area contributed by atoms with Crippen molar-refractivity contribution in [2.24, 2.45) is 0 Å². The first-order valence-corrected chi connectivity index (χ1v) is 9.75. The minimum absolute atomic E-state index is 0.0128. The van der Waals surface area contributed by atoms with Gasteiger partial charge in [-0.2, -0.15) is 0 Å². The summed E-state index contributed by atoms with van der Waals surface area (Å²) >= 11 is 1.25. The molecule has 0 unspecified atom stereocenters. The van der Waals surface area contributed by atoms with Gasteiger partial charge in [0.2, 0.25) is 5.91 Å². The molecule has 0 saturated carbocycles. The fraction of sp³-hybridized carbons (Fsp3) is 0.211. The molecule has 150 valence electrons. The highest BCUT2D eigenvalue weighted by Gasteiger charge is 2.16. The van der Waals surface area contributed by atoms with Gasteiger partial charge in [-0.05, 0) is 31.2 Å². The van der Waals surface area contributed by atoms with Crippen molar-refractivity contribution in [3.8, 4) is 17.1 Å². The number of hydrogen-bond acceptors (Lipinski definition) is 7. The van der Waals surface area contributed by atoms with E-state index in [-0.39, 0.29) is 17.3 Å². The Balaban J connectivity index is 1.69. The van der Waals surface area contributed by atoms with Crippen LogP contribution < -0.4 is 10.1 Å². The Morgan fingerprint density at radius 3 is 2.66 bits per heavy atom. The summed E-state index contributed by atoms with van der Waals surface area (Å²) in [5.41, 5.74) is 1.26. The number of ether oxygens (including phenoxy) is 1. The Morgan fingerprint density at radius 2 is 2.00 bits per heavy atom. The van der Waals surface area contributed by atoms with Gasteiger partial charge in [-0.15, -0.1) is 10.2 Å². The Kier molecular flexibility index (Phi) is 6.45. The third kappa shape index (κ3) is 4.91. The van der Waals surface area contributed by atoms with Gasteiger partial charge in [-0.3, -0.25) is 14.9 Å². The number of thioether (sulfide) groups is 1. The van der Waals surface area contributed by atoms with Crippen LogP contribution in [0.4, 0.5) is 11.4 Å². The van der Waals surface area contributed by atoms with Gasteiger partial charge in [0, 0.05) is 29.9 Å². The molecule has 0 aliphatic rings. The zero-order valence-corrected chi connectivity index (χ0v) is 16.7. The van der Waals surface area contributed by atoms with E-state index in [1.165, 1.54) is 23.9 Å². The molecule has 0 radical (unpaired) electrons. The molecule has 1 heterocycles. The van der Waals surface area contributed by atoms with Crippen LogP contribution in [0.3, 0.4) is 0 Å². The molecule has 3 aromatic rings. The van der Waals surface area contributed by atoms with Crippen molar-refractivity contribution in [1.82, 2.24) is 14.8 Å². The number of anilines is 1. The van der Waals surface area contributed by atoms with Gasteiger partial charge < -0.3 is 14.6 Å². The Hall–Kier alpha value is -3.40. The van der Waals surface area contributed by atoms with Crippen LogP contribution in [0, 0.1) is 10.1 Å². The Morgan fingerprint density at radius 1 is 1.24 bits per heavy atom. The van der Waals surface area contributed by atoms with E-state index in [1.807, 2.05) is 11.5 Å². The van der Waals surface area contributed by atoms with Crippen LogP contribution in [-0.2, 0) is 11.3 Å². The highest BCUT2D eigenvalue weighted by atomic mass is 32.2. The van der Waals surface area contributed by atoms with Gasteiger partial charge in [-0.1, -0.05) is 23.9 Å². The molecule has 0 spiro atoms. The third-order valence-corrected chi connectivity index (χ3v) is 5.02. The lowest BCUT2D eigenvalue weighted by molar-refractivity contribution is -0.384. The number of aromatic nitrogens is 3. The van der Waals surface area contributed by atoms with Gasteiger partial charge in [0.05, 0.1) is 17.8 Å². The monoisotopic (exact) mass is 413 g/mol. The number of benzene rings is 2. The molecule has 0 fully saturated rings. The molecule has 0 aliphatic carbocycles. The Labute approximate surface area is 171 Å². The van der Waals surface area contributed by atoms with Crippen molar-refractivity contribution in [3.63, 3.8) is 0 Å². The number of carbonyl (C=O) groups is 1. The molecule has 0 bridgehead atoms. The number of carbonyl (C=O) groups excluding carboxylic acids is 1. The average molecular weight is 413 g/mol. The lowest BCUT2D eigenvalue weighted by Gasteiger charge is -2.08. The highest BCUT2D eigenvalue weighted by molar-refractivity contribution is 7.99. The summed E-state index contributed by atoms with van der Waals surface area (Å²) in [5.74, 6) is 1.21. The maximum atomic E-state index is 12.2. The smallest absolute Gasteiger partial charge is 0.270 e. The number of non-ortho nitro benzene ring substituents is 1. The summed E-state index contributed by atoms with van der Waals surface area (Å²) in [4.78, 5) is 22.8. The van der Waals surface area contributed by atoms with Gasteiger partial charge in [0.1, 0.15) is 5.75 Å². The first-order chi connectivity index (χ1) is 14.0. The quantitative estimate of drug-likeness (QED) is 0.341. The zero-order chi connectivity index (χ0) is 20.8. The number of nitro benzene ring substituents is 1. The van der Waals surface area contributed by atoms with Crippen LogP contribution in [0.5, 0.6) is 5.75 Å². The highest BCUT2D eigenvalue weighted by Crippen LogP contribution is 2.26. The average Bonchev–Trinajstić information content (AvgIpc) is 3.16. The van der Waals surface area contributed by atoms with Crippen molar-refractivity contribution in [3.05, 3.63) is 58.6 Å². The van der Waals surface area contributed by atoms with E-state index >= 15 is 0 Å². The Bertz CT molecular complexity index is 1020. The van der Waals surface area contributed by atoms with E-state index in [0.717, 1.165) is 0 Å². The van der Waals surface area contributed by atoms with E-state index in [2.05, 4.69) is 15.5 Å². The summed E-state index contributed by atoms with van der Waals surface area (Å²) < 4.78 is 6.92. The SMILES string of the molecule is CCn1c(SCC(=O)Nc2ccc(OC)cc2)nnc1-c1cccc([N+](=O)[O-])c1. The topological polar surface area (TPSA) is 112 Å². The number of rotatable bonds is 8. The minimum atomic E-state index is -0.449. The summed E-state index contributed by atoms with van der Waals surface area (Å²) in [6.07, 6.45) is 0. The molecule has 9 nitrogen and oxygen atoms in total. The third-order valence-electron chi connectivity index (χ3n) is 4.05. The largest absolute Gasteiger partial charge is 0.497 e. The number of amides is 1. The molecule has 0 saturated heterocycles. The second-order valence-corrected chi connectivity index (χ2v) is 6.87. The number of nitrogens with zero attached hydrogens (tertiary/aromatic N) is 4. The first-order valence-electron chi connectivity index (χ1n) is 8.76. The molecule has 29 heavy (non-hydrogen) atoms. The number of nitro groups is 1. The van der Waals surface area contributed by atoms with Crippen LogP contribution in [0.1, 0.15) is 6.92 Å². The van der Waals surface area contributed by atoms with Gasteiger partial charge >= 0.3 is 0 Å². The predicted octanol–water partition coefficient (Wildman–Crippen LogP) is 3.61. The molecule has 0 aliphatic heterocycles. The fourth-order valence-electron chi connectivity index (χ4n) is 2.65. The summed E-state index contributed by atoms with van der Waals surface area (Å²) in [6.45, 7) is 2.49. The first kappa shape index (κ1) is 20.3. The van der Waals surface area contributed by atoms with Crippen LogP contribution in [-0.4, -0.2) is 38.5 Å². The fourth-order valence-corrected chi connectivity index (χ4v) is 3.46. The predicted molar refractivity (Wildman–Crippen MR) is 110 cm³/mol. The van der Waals surface area contributed by atoms with Gasteiger partial charge in [-0.25, -0.2) is 0 Å². The van der Waals surface area contributed by atoms with Crippen LogP contribution >= 0.6 is 11.8 Å². The van der Waals surface area contributed by atoms with E-state index in [9.17, 15) is 14.9 Å². The molecule has 1 aromatic heterocycles. The van der Waals surface area contributed by atoms with E-state index < -0.39 is 4.92 Å². The number of nitrogens with one attached hydrogen (secondary N) is 1. The summed E-state index contributed by atoms with van der Waals surface area (Å²) in [6, 6.07) is 13.3. The minimum Gasteiger partial charge on any atom is -0.497 e. The van der Waals surface area contributed by atoms with Crippen molar-refractivity contribution in [2.75, 3.05) is 18.2 Å². The number of methoxy groups -OCH3 is 1. The maximum Gasteiger partial charge on any atom is 0.270 e. The molecule has 3 rings (SSSR count). The van der Waals surface area contributed by atoms with Crippen molar-refractivity contribution >= 4 is 29.0 Å². The van der Waals surface area contributed by atoms with Crippen molar-refractivity contribution in [2.45, 2.75) is 18.6 Å². The summed E-state index contributed by atoms with van der Waals surface area (Å²) in [7, 11) is 1.58. The van der Waals surface area contributed by atoms with Crippen molar-refractivity contribution in [1.29, 1.82) is 0 Å². The normalized spacial score (nSPS) is 10.6. The second-order valence-electron chi connectivity index (χ2n) is 5.92. The zero-order valence-electron chi connectivity index (χ0n) is 15.9. The van der Waals surface area contributed by atoms with Crippen LogP contribution in [0.15, 0.2) is 53.7 Å². The van der Waals surface area contributed by atoms with Gasteiger partial charge in [0.15, 0.2) is 11.0 Å². The van der Waals surface area contributed by atoms with E-state index in [0.29, 0.717) is 34.5 Å². The molecule has 0 atom stereocenters.